The predicted molar refractivity (Wildman–Crippen MR) is 176 cm³/mol. The quantitative estimate of drug-likeness (QED) is 0.320. The monoisotopic (exact) mass is 622 g/mol. The van der Waals surface area contributed by atoms with Gasteiger partial charge in [0.15, 0.2) is 5.82 Å². The maximum atomic E-state index is 14.0. The van der Waals surface area contributed by atoms with Gasteiger partial charge in [0, 0.05) is 81.2 Å². The molecule has 46 heavy (non-hydrogen) atoms. The molecule has 0 aliphatic carbocycles. The zero-order chi connectivity index (χ0) is 31.3. The SMILES string of the molecule is Cn1cnc(-c2ccc(C3=CCN([C@@H](O)CN4CC[C@]5(CCN(c6ccc7n[nH]c(C8CCOCC8)c7c6)C5=O)C4)CC3)cc2)n1. The highest BCUT2D eigenvalue weighted by molar-refractivity contribution is 6.02. The highest BCUT2D eigenvalue weighted by Gasteiger charge is 2.51. The Morgan fingerprint density at radius 3 is 2.63 bits per heavy atom. The summed E-state index contributed by atoms with van der Waals surface area (Å²) in [5.41, 5.74) is 6.20. The highest BCUT2D eigenvalue weighted by atomic mass is 16.5. The van der Waals surface area contributed by atoms with Crippen LogP contribution in [0.5, 0.6) is 0 Å². The van der Waals surface area contributed by atoms with Crippen molar-refractivity contribution in [1.29, 1.82) is 0 Å². The minimum absolute atomic E-state index is 0.218. The van der Waals surface area contributed by atoms with Gasteiger partial charge in [-0.15, -0.1) is 0 Å². The number of likely N-dealkylation sites (tertiary alicyclic amines) is 1. The number of nitrogens with one attached hydrogen (secondary N) is 1. The number of amides is 1. The van der Waals surface area contributed by atoms with Crippen molar-refractivity contribution < 1.29 is 14.6 Å². The lowest BCUT2D eigenvalue weighted by Crippen LogP contribution is -2.46. The molecular formula is C35H42N8O3. The molecule has 3 saturated heterocycles. The summed E-state index contributed by atoms with van der Waals surface area (Å²) in [6, 6.07) is 14.6. The summed E-state index contributed by atoms with van der Waals surface area (Å²) >= 11 is 0. The normalized spacial score (nSPS) is 24.0. The Labute approximate surface area is 268 Å². The molecule has 2 aromatic carbocycles. The first-order valence-corrected chi connectivity index (χ1v) is 16.6. The standard InChI is InChI=1S/C35H42N8O3/c1-40-23-36-33(39-40)27-4-2-24(3-5-27)25-8-14-42(15-9-25)31(44)21-41-16-12-35(22-41)13-17-43(34(35)45)28-6-7-30-29(20-28)32(38-37-30)26-10-18-46-19-11-26/h2-8,20,23,26,31,44H,9-19,21-22H2,1H3,(H,37,38)/t31-,35-/m0/s1. The van der Waals surface area contributed by atoms with Crippen LogP contribution in [0.2, 0.25) is 0 Å². The summed E-state index contributed by atoms with van der Waals surface area (Å²) in [5.74, 6) is 1.36. The Hall–Kier alpha value is -3.90. The molecule has 4 aliphatic heterocycles. The van der Waals surface area contributed by atoms with Crippen molar-refractivity contribution in [3.8, 4) is 11.4 Å². The lowest BCUT2D eigenvalue weighted by atomic mass is 9.85. The minimum Gasteiger partial charge on any atom is -0.381 e. The van der Waals surface area contributed by atoms with Crippen LogP contribution in [0, 0.1) is 5.41 Å². The van der Waals surface area contributed by atoms with Crippen molar-refractivity contribution in [2.24, 2.45) is 12.5 Å². The molecule has 6 heterocycles. The van der Waals surface area contributed by atoms with Gasteiger partial charge in [0.1, 0.15) is 12.6 Å². The number of ether oxygens (including phenoxy) is 1. The van der Waals surface area contributed by atoms with E-state index in [1.807, 2.05) is 24.1 Å². The summed E-state index contributed by atoms with van der Waals surface area (Å²) < 4.78 is 7.28. The van der Waals surface area contributed by atoms with Crippen LogP contribution >= 0.6 is 0 Å². The van der Waals surface area contributed by atoms with Crippen molar-refractivity contribution in [3.05, 3.63) is 66.1 Å². The number of benzene rings is 2. The van der Waals surface area contributed by atoms with Crippen LogP contribution in [0.25, 0.3) is 27.9 Å². The first kappa shape index (κ1) is 29.5. The molecule has 3 fully saturated rings. The number of hydrogen-bond acceptors (Lipinski definition) is 8. The molecule has 0 bridgehead atoms. The molecule has 2 N–H and O–H groups in total. The smallest absolute Gasteiger partial charge is 0.234 e. The van der Waals surface area contributed by atoms with Gasteiger partial charge in [-0.3, -0.25) is 24.4 Å². The van der Waals surface area contributed by atoms with Crippen molar-refractivity contribution in [2.45, 2.75) is 44.2 Å². The largest absolute Gasteiger partial charge is 0.381 e. The van der Waals surface area contributed by atoms with Crippen molar-refractivity contribution in [1.82, 2.24) is 34.8 Å². The van der Waals surface area contributed by atoms with E-state index >= 15 is 0 Å². The van der Waals surface area contributed by atoms with Gasteiger partial charge in [-0.2, -0.15) is 10.2 Å². The Morgan fingerprint density at radius 1 is 1.07 bits per heavy atom. The molecular weight excluding hydrogens is 580 g/mol. The Bertz CT molecular complexity index is 1760. The second-order valence-corrected chi connectivity index (χ2v) is 13.5. The number of β-amino-alcohol motifs (C(OH)–C–C–N with tert-alkyl or cyclic N) is 1. The van der Waals surface area contributed by atoms with Gasteiger partial charge in [0.05, 0.1) is 10.9 Å². The fraction of sp³-hybridized carbons (Fsp3) is 0.486. The van der Waals surface area contributed by atoms with E-state index in [4.69, 9.17) is 4.74 Å². The van der Waals surface area contributed by atoms with Crippen LogP contribution in [0.15, 0.2) is 54.9 Å². The van der Waals surface area contributed by atoms with Gasteiger partial charge in [-0.05, 0) is 68.0 Å². The summed E-state index contributed by atoms with van der Waals surface area (Å²) in [7, 11) is 1.87. The molecule has 11 heteroatoms. The Kier molecular flexibility index (Phi) is 7.72. The van der Waals surface area contributed by atoms with Crippen LogP contribution in [0.1, 0.15) is 49.3 Å². The average molecular weight is 623 g/mol. The number of aryl methyl sites for hydroxylation is 1. The molecule has 8 rings (SSSR count). The van der Waals surface area contributed by atoms with E-state index < -0.39 is 6.23 Å². The molecule has 4 aliphatic rings. The average Bonchev–Trinajstić information content (AvgIpc) is 3.89. The van der Waals surface area contributed by atoms with Crippen molar-refractivity contribution in [2.75, 3.05) is 57.4 Å². The fourth-order valence-corrected chi connectivity index (χ4v) is 7.91. The number of hydrogen-bond donors (Lipinski definition) is 2. The molecule has 0 unspecified atom stereocenters. The van der Waals surface area contributed by atoms with E-state index in [0.29, 0.717) is 25.6 Å². The summed E-state index contributed by atoms with van der Waals surface area (Å²) in [5, 5.41) is 24.6. The lowest BCUT2D eigenvalue weighted by Gasteiger charge is -2.33. The topological polar surface area (TPSA) is 116 Å². The first-order valence-electron chi connectivity index (χ1n) is 16.6. The number of aliphatic hydroxyl groups excluding tert-OH is 1. The van der Waals surface area contributed by atoms with Gasteiger partial charge in [-0.25, -0.2) is 4.98 Å². The van der Waals surface area contributed by atoms with Crippen molar-refractivity contribution >= 4 is 28.1 Å². The fourth-order valence-electron chi connectivity index (χ4n) is 7.91. The zero-order valence-electron chi connectivity index (χ0n) is 26.4. The Morgan fingerprint density at radius 2 is 1.87 bits per heavy atom. The number of aromatic nitrogens is 5. The first-order chi connectivity index (χ1) is 22.5. The summed E-state index contributed by atoms with van der Waals surface area (Å²) in [6.45, 7) is 5.87. The number of aliphatic hydroxyl groups is 1. The van der Waals surface area contributed by atoms with E-state index in [9.17, 15) is 9.90 Å². The molecule has 0 radical (unpaired) electrons. The predicted octanol–water partition coefficient (Wildman–Crippen LogP) is 3.79. The second kappa shape index (κ2) is 12.0. The molecule has 1 spiro atoms. The number of H-pyrrole nitrogens is 1. The van der Waals surface area contributed by atoms with E-state index in [0.717, 1.165) is 92.9 Å². The van der Waals surface area contributed by atoms with E-state index in [1.165, 1.54) is 16.8 Å². The summed E-state index contributed by atoms with van der Waals surface area (Å²) in [4.78, 5) is 24.7. The van der Waals surface area contributed by atoms with Gasteiger partial charge in [0.2, 0.25) is 5.91 Å². The number of carbonyl (C=O) groups is 1. The third-order valence-corrected chi connectivity index (χ3v) is 10.7. The highest BCUT2D eigenvalue weighted by Crippen LogP contribution is 2.43. The van der Waals surface area contributed by atoms with Crippen LogP contribution in [0.4, 0.5) is 5.69 Å². The van der Waals surface area contributed by atoms with E-state index in [-0.39, 0.29) is 11.3 Å². The summed E-state index contributed by atoms with van der Waals surface area (Å²) in [6.07, 6.45) is 7.92. The van der Waals surface area contributed by atoms with Gasteiger partial charge < -0.3 is 14.7 Å². The van der Waals surface area contributed by atoms with E-state index in [1.54, 1.807) is 11.0 Å². The molecule has 2 atom stereocenters. The second-order valence-electron chi connectivity index (χ2n) is 13.5. The van der Waals surface area contributed by atoms with Crippen LogP contribution in [-0.4, -0.2) is 104 Å². The number of carbonyl (C=O) groups excluding carboxylic acids is 1. The number of aromatic amines is 1. The van der Waals surface area contributed by atoms with E-state index in [2.05, 4.69) is 66.5 Å². The third kappa shape index (κ3) is 5.45. The van der Waals surface area contributed by atoms with Gasteiger partial charge in [-0.1, -0.05) is 30.3 Å². The number of fused-ring (bicyclic) bond motifs is 1. The molecule has 0 saturated carbocycles. The molecule has 1 amide bonds. The zero-order valence-corrected chi connectivity index (χ0v) is 26.4. The number of anilines is 1. The maximum Gasteiger partial charge on any atom is 0.234 e. The third-order valence-electron chi connectivity index (χ3n) is 10.7. The number of nitrogens with zero attached hydrogens (tertiary/aromatic N) is 7. The number of rotatable bonds is 7. The van der Waals surface area contributed by atoms with Crippen LogP contribution in [-0.2, 0) is 16.6 Å². The lowest BCUT2D eigenvalue weighted by molar-refractivity contribution is -0.125. The van der Waals surface area contributed by atoms with Gasteiger partial charge in [0.25, 0.3) is 0 Å². The van der Waals surface area contributed by atoms with Crippen LogP contribution < -0.4 is 4.90 Å². The molecule has 4 aromatic rings. The minimum atomic E-state index is -0.565. The Balaban J connectivity index is 0.880. The molecule has 11 nitrogen and oxygen atoms in total. The van der Waals surface area contributed by atoms with Crippen molar-refractivity contribution in [3.63, 3.8) is 0 Å². The van der Waals surface area contributed by atoms with Gasteiger partial charge >= 0.3 is 0 Å². The maximum absolute atomic E-state index is 14.0. The molecule has 240 valence electrons. The van der Waals surface area contributed by atoms with Crippen LogP contribution in [0.3, 0.4) is 0 Å². The molecule has 2 aromatic heterocycles.